The molecule has 1 heterocycles. The molecule has 0 aliphatic carbocycles. The molecule has 6 heteroatoms. The first-order chi connectivity index (χ1) is 12.4. The summed E-state index contributed by atoms with van der Waals surface area (Å²) in [5.41, 5.74) is 7.68. The van der Waals surface area contributed by atoms with Crippen molar-refractivity contribution < 1.29 is 13.2 Å². The number of aryl methyl sites for hydroxylation is 1. The SMILES string of the molecule is Cc1cccc(CC(N)=O)c1S(=O)(=O)N1CCC(c2ccccc2)CC1. The zero-order chi connectivity index (χ0) is 18.7. The summed E-state index contributed by atoms with van der Waals surface area (Å²) < 4.78 is 28.0. The van der Waals surface area contributed by atoms with Gasteiger partial charge in [-0.15, -0.1) is 0 Å². The number of sulfonamides is 1. The summed E-state index contributed by atoms with van der Waals surface area (Å²) in [6.07, 6.45) is 1.51. The normalized spacial score (nSPS) is 16.5. The highest BCUT2D eigenvalue weighted by Gasteiger charge is 2.32. The highest BCUT2D eigenvalue weighted by atomic mass is 32.2. The molecule has 2 aromatic carbocycles. The number of hydrogen-bond acceptors (Lipinski definition) is 3. The molecule has 0 spiro atoms. The molecular weight excluding hydrogens is 348 g/mol. The fraction of sp³-hybridized carbons (Fsp3) is 0.350. The molecule has 1 aliphatic rings. The summed E-state index contributed by atoms with van der Waals surface area (Å²) in [4.78, 5) is 11.6. The van der Waals surface area contributed by atoms with Gasteiger partial charge in [0.1, 0.15) is 0 Å². The van der Waals surface area contributed by atoms with Gasteiger partial charge in [-0.3, -0.25) is 4.79 Å². The van der Waals surface area contributed by atoms with E-state index < -0.39 is 15.9 Å². The molecule has 0 aromatic heterocycles. The lowest BCUT2D eigenvalue weighted by molar-refractivity contribution is -0.117. The molecule has 0 radical (unpaired) electrons. The molecule has 2 N–H and O–H groups in total. The number of nitrogens with two attached hydrogens (primary N) is 1. The van der Waals surface area contributed by atoms with Gasteiger partial charge >= 0.3 is 0 Å². The molecule has 1 fully saturated rings. The first kappa shape index (κ1) is 18.6. The Hall–Kier alpha value is -2.18. The van der Waals surface area contributed by atoms with Crippen molar-refractivity contribution in [3.05, 3.63) is 65.2 Å². The minimum absolute atomic E-state index is 0.0727. The Morgan fingerprint density at radius 2 is 1.73 bits per heavy atom. The second kappa shape index (κ2) is 7.60. The highest BCUT2D eigenvalue weighted by Crippen LogP contribution is 2.32. The molecule has 1 aliphatic heterocycles. The molecule has 0 unspecified atom stereocenters. The van der Waals surface area contributed by atoms with E-state index in [0.717, 1.165) is 12.8 Å². The van der Waals surface area contributed by atoms with Crippen molar-refractivity contribution in [3.63, 3.8) is 0 Å². The summed E-state index contributed by atoms with van der Waals surface area (Å²) in [5.74, 6) is -0.153. The maximum absolute atomic E-state index is 13.2. The summed E-state index contributed by atoms with van der Waals surface area (Å²) in [5, 5.41) is 0. The first-order valence-corrected chi connectivity index (χ1v) is 10.3. The van der Waals surface area contributed by atoms with E-state index in [1.807, 2.05) is 18.2 Å². The first-order valence-electron chi connectivity index (χ1n) is 8.81. The monoisotopic (exact) mass is 372 g/mol. The third-order valence-electron chi connectivity index (χ3n) is 4.98. The molecule has 3 rings (SSSR count). The van der Waals surface area contributed by atoms with Gasteiger partial charge in [-0.1, -0.05) is 48.5 Å². The minimum Gasteiger partial charge on any atom is -0.369 e. The average molecular weight is 372 g/mol. The number of benzene rings is 2. The molecule has 1 saturated heterocycles. The van der Waals surface area contributed by atoms with Crippen molar-refractivity contribution in [2.24, 2.45) is 5.73 Å². The smallest absolute Gasteiger partial charge is 0.243 e. The van der Waals surface area contributed by atoms with Gasteiger partial charge in [-0.2, -0.15) is 4.31 Å². The summed E-state index contributed by atoms with van der Waals surface area (Å²) in [7, 11) is -3.65. The van der Waals surface area contributed by atoms with E-state index in [4.69, 9.17) is 5.73 Å². The number of carbonyl (C=O) groups excluding carboxylic acids is 1. The lowest BCUT2D eigenvalue weighted by Crippen LogP contribution is -2.38. The predicted molar refractivity (Wildman–Crippen MR) is 101 cm³/mol. The van der Waals surface area contributed by atoms with Gasteiger partial charge in [-0.25, -0.2) is 8.42 Å². The van der Waals surface area contributed by atoms with E-state index in [0.29, 0.717) is 30.1 Å². The van der Waals surface area contributed by atoms with Crippen LogP contribution >= 0.6 is 0 Å². The highest BCUT2D eigenvalue weighted by molar-refractivity contribution is 7.89. The number of nitrogens with zero attached hydrogens (tertiary/aromatic N) is 1. The Labute approximate surface area is 154 Å². The van der Waals surface area contributed by atoms with Crippen LogP contribution in [0.1, 0.15) is 35.4 Å². The third kappa shape index (κ3) is 3.81. The number of carbonyl (C=O) groups is 1. The maximum atomic E-state index is 13.2. The van der Waals surface area contributed by atoms with Gasteiger partial charge in [0.15, 0.2) is 0 Å². The quantitative estimate of drug-likeness (QED) is 0.876. The second-order valence-electron chi connectivity index (χ2n) is 6.80. The topological polar surface area (TPSA) is 80.5 Å². The van der Waals surface area contributed by atoms with Gasteiger partial charge in [-0.05, 0) is 42.4 Å². The summed E-state index contributed by atoms with van der Waals surface area (Å²) >= 11 is 0. The van der Waals surface area contributed by atoms with Crippen LogP contribution in [0.3, 0.4) is 0 Å². The summed E-state index contributed by atoms with van der Waals surface area (Å²) in [6, 6.07) is 15.4. The van der Waals surface area contributed by atoms with Crippen molar-refractivity contribution in [2.75, 3.05) is 13.1 Å². The molecule has 26 heavy (non-hydrogen) atoms. The number of piperidine rings is 1. The van der Waals surface area contributed by atoms with Crippen LogP contribution in [0.25, 0.3) is 0 Å². The molecule has 0 saturated carbocycles. The average Bonchev–Trinajstić information content (AvgIpc) is 2.62. The van der Waals surface area contributed by atoms with E-state index in [1.165, 1.54) is 5.56 Å². The Balaban J connectivity index is 1.83. The van der Waals surface area contributed by atoms with Crippen LogP contribution in [-0.4, -0.2) is 31.7 Å². The molecule has 1 amide bonds. The van der Waals surface area contributed by atoms with Crippen LogP contribution in [-0.2, 0) is 21.2 Å². The maximum Gasteiger partial charge on any atom is 0.243 e. The predicted octanol–water partition coefficient (Wildman–Crippen LogP) is 2.59. The standard InChI is InChI=1S/C20H24N2O3S/c1-15-6-5-9-18(14-19(21)23)20(15)26(24,25)22-12-10-17(11-13-22)16-7-3-2-4-8-16/h2-9,17H,10-14H2,1H3,(H2,21,23). The van der Waals surface area contributed by atoms with Crippen molar-refractivity contribution >= 4 is 15.9 Å². The molecule has 5 nitrogen and oxygen atoms in total. The lowest BCUT2D eigenvalue weighted by Gasteiger charge is -2.32. The van der Waals surface area contributed by atoms with Gasteiger partial charge < -0.3 is 5.73 Å². The number of rotatable bonds is 5. The molecule has 0 bridgehead atoms. The Kier molecular flexibility index (Phi) is 5.44. The van der Waals surface area contributed by atoms with Gasteiger partial charge in [0.05, 0.1) is 11.3 Å². The largest absolute Gasteiger partial charge is 0.369 e. The van der Waals surface area contributed by atoms with Crippen molar-refractivity contribution in [2.45, 2.75) is 37.0 Å². The van der Waals surface area contributed by atoms with E-state index in [2.05, 4.69) is 12.1 Å². The van der Waals surface area contributed by atoms with Crippen LogP contribution in [0.5, 0.6) is 0 Å². The number of hydrogen-bond donors (Lipinski definition) is 1. The van der Waals surface area contributed by atoms with Crippen LogP contribution in [0.4, 0.5) is 0 Å². The van der Waals surface area contributed by atoms with Crippen LogP contribution < -0.4 is 5.73 Å². The zero-order valence-electron chi connectivity index (χ0n) is 14.9. The minimum atomic E-state index is -3.65. The summed E-state index contributed by atoms with van der Waals surface area (Å²) in [6.45, 7) is 2.71. The van der Waals surface area contributed by atoms with Crippen LogP contribution in [0.2, 0.25) is 0 Å². The van der Waals surface area contributed by atoms with Gasteiger partial charge in [0.2, 0.25) is 15.9 Å². The van der Waals surface area contributed by atoms with E-state index in [1.54, 1.807) is 29.4 Å². The van der Waals surface area contributed by atoms with Gasteiger partial charge in [0.25, 0.3) is 0 Å². The van der Waals surface area contributed by atoms with E-state index in [-0.39, 0.29) is 11.3 Å². The molecule has 138 valence electrons. The zero-order valence-corrected chi connectivity index (χ0v) is 15.7. The van der Waals surface area contributed by atoms with Crippen LogP contribution in [0.15, 0.2) is 53.4 Å². The lowest BCUT2D eigenvalue weighted by atomic mass is 9.90. The van der Waals surface area contributed by atoms with Gasteiger partial charge in [0, 0.05) is 13.1 Å². The van der Waals surface area contributed by atoms with E-state index >= 15 is 0 Å². The van der Waals surface area contributed by atoms with Crippen molar-refractivity contribution in [1.29, 1.82) is 0 Å². The Morgan fingerprint density at radius 1 is 1.08 bits per heavy atom. The Bertz CT molecular complexity index is 887. The molecule has 0 atom stereocenters. The fourth-order valence-electron chi connectivity index (χ4n) is 3.69. The van der Waals surface area contributed by atoms with Crippen LogP contribution in [0, 0.1) is 6.92 Å². The molecular formula is C20H24N2O3S. The van der Waals surface area contributed by atoms with Crippen molar-refractivity contribution in [3.8, 4) is 0 Å². The number of amides is 1. The van der Waals surface area contributed by atoms with E-state index in [9.17, 15) is 13.2 Å². The number of primary amides is 1. The fourth-order valence-corrected chi connectivity index (χ4v) is 5.59. The Morgan fingerprint density at radius 3 is 2.35 bits per heavy atom. The molecule has 2 aromatic rings. The third-order valence-corrected chi connectivity index (χ3v) is 7.13. The van der Waals surface area contributed by atoms with Crippen molar-refractivity contribution in [1.82, 2.24) is 4.31 Å². The second-order valence-corrected chi connectivity index (χ2v) is 8.67.